The van der Waals surface area contributed by atoms with Crippen LogP contribution < -0.4 is 5.32 Å². The molecule has 0 spiro atoms. The molecule has 0 bridgehead atoms. The standard InChI is InChI=1S/C21H23Cl2N3O/c1-13(2)11-24-21(27)12-26-19-10-17(23)16(22)9-18(19)25-20(26)8-15-6-4-5-14(3)7-15/h4-7,9-10,13H,8,11-12H2,1-3H3,(H,24,27). The normalized spacial score (nSPS) is 11.3. The molecule has 0 saturated heterocycles. The van der Waals surface area contributed by atoms with Gasteiger partial charge in [-0.3, -0.25) is 4.79 Å². The van der Waals surface area contributed by atoms with Crippen LogP contribution in [0, 0.1) is 12.8 Å². The number of aryl methyl sites for hydroxylation is 1. The van der Waals surface area contributed by atoms with Crippen LogP contribution in [-0.2, 0) is 17.8 Å². The van der Waals surface area contributed by atoms with E-state index in [0.717, 1.165) is 22.4 Å². The molecule has 0 aliphatic carbocycles. The minimum atomic E-state index is -0.0421. The molecule has 0 radical (unpaired) electrons. The molecule has 142 valence electrons. The predicted molar refractivity (Wildman–Crippen MR) is 112 cm³/mol. The Bertz CT molecular complexity index is 979. The van der Waals surface area contributed by atoms with Gasteiger partial charge in [-0.1, -0.05) is 66.9 Å². The van der Waals surface area contributed by atoms with Crippen molar-refractivity contribution >= 4 is 40.1 Å². The summed E-state index contributed by atoms with van der Waals surface area (Å²) in [6.07, 6.45) is 0.628. The lowest BCUT2D eigenvalue weighted by Gasteiger charge is -2.12. The summed E-state index contributed by atoms with van der Waals surface area (Å²) in [4.78, 5) is 17.2. The molecule has 1 N–H and O–H groups in total. The van der Waals surface area contributed by atoms with Crippen LogP contribution in [-0.4, -0.2) is 22.0 Å². The van der Waals surface area contributed by atoms with Gasteiger partial charge in [0.15, 0.2) is 0 Å². The van der Waals surface area contributed by atoms with E-state index < -0.39 is 0 Å². The van der Waals surface area contributed by atoms with Crippen LogP contribution in [0.25, 0.3) is 11.0 Å². The zero-order valence-electron chi connectivity index (χ0n) is 15.7. The summed E-state index contributed by atoms with van der Waals surface area (Å²) < 4.78 is 1.93. The summed E-state index contributed by atoms with van der Waals surface area (Å²) >= 11 is 12.4. The molecule has 1 heterocycles. The molecular formula is C21H23Cl2N3O. The van der Waals surface area contributed by atoms with Crippen LogP contribution in [0.5, 0.6) is 0 Å². The first-order valence-corrected chi connectivity index (χ1v) is 9.75. The van der Waals surface area contributed by atoms with Gasteiger partial charge in [0.25, 0.3) is 0 Å². The highest BCUT2D eigenvalue weighted by Gasteiger charge is 2.16. The molecule has 6 heteroatoms. The SMILES string of the molecule is Cc1cccc(Cc2nc3cc(Cl)c(Cl)cc3n2CC(=O)NCC(C)C)c1. The number of carbonyl (C=O) groups is 1. The Morgan fingerprint density at radius 2 is 1.93 bits per heavy atom. The number of rotatable bonds is 6. The zero-order chi connectivity index (χ0) is 19.6. The van der Waals surface area contributed by atoms with Gasteiger partial charge in [0.1, 0.15) is 12.4 Å². The lowest BCUT2D eigenvalue weighted by atomic mass is 10.1. The van der Waals surface area contributed by atoms with E-state index in [4.69, 9.17) is 28.2 Å². The van der Waals surface area contributed by atoms with Crippen molar-refractivity contribution in [2.24, 2.45) is 5.92 Å². The van der Waals surface area contributed by atoms with Crippen molar-refractivity contribution in [3.8, 4) is 0 Å². The van der Waals surface area contributed by atoms with Crippen LogP contribution in [0.15, 0.2) is 36.4 Å². The Morgan fingerprint density at radius 1 is 1.19 bits per heavy atom. The summed E-state index contributed by atoms with van der Waals surface area (Å²) in [6.45, 7) is 7.04. The van der Waals surface area contributed by atoms with E-state index >= 15 is 0 Å². The highest BCUT2D eigenvalue weighted by atomic mass is 35.5. The topological polar surface area (TPSA) is 46.9 Å². The second-order valence-corrected chi connectivity index (χ2v) is 8.05. The van der Waals surface area contributed by atoms with Gasteiger partial charge >= 0.3 is 0 Å². The van der Waals surface area contributed by atoms with Crippen molar-refractivity contribution in [2.75, 3.05) is 6.54 Å². The molecule has 1 aromatic heterocycles. The fourth-order valence-electron chi connectivity index (χ4n) is 3.00. The van der Waals surface area contributed by atoms with E-state index in [1.165, 1.54) is 5.56 Å². The summed E-state index contributed by atoms with van der Waals surface area (Å²) in [5.74, 6) is 1.17. The molecular weight excluding hydrogens is 381 g/mol. The monoisotopic (exact) mass is 403 g/mol. The van der Waals surface area contributed by atoms with Crippen molar-refractivity contribution in [3.05, 3.63) is 63.4 Å². The van der Waals surface area contributed by atoms with Gasteiger partial charge in [-0.25, -0.2) is 4.98 Å². The number of hydrogen-bond acceptors (Lipinski definition) is 2. The molecule has 0 saturated carbocycles. The van der Waals surface area contributed by atoms with E-state index in [0.29, 0.717) is 28.9 Å². The molecule has 3 rings (SSSR count). The quantitative estimate of drug-likeness (QED) is 0.628. The van der Waals surface area contributed by atoms with E-state index in [2.05, 4.69) is 44.3 Å². The van der Waals surface area contributed by atoms with Gasteiger partial charge in [0.05, 0.1) is 21.1 Å². The van der Waals surface area contributed by atoms with Gasteiger partial charge in [0.2, 0.25) is 5.91 Å². The highest BCUT2D eigenvalue weighted by molar-refractivity contribution is 6.42. The van der Waals surface area contributed by atoms with E-state index in [9.17, 15) is 4.79 Å². The van der Waals surface area contributed by atoms with Crippen LogP contribution in [0.3, 0.4) is 0 Å². The third-order valence-corrected chi connectivity index (χ3v) is 5.05. The van der Waals surface area contributed by atoms with Crippen molar-refractivity contribution < 1.29 is 4.79 Å². The number of aromatic nitrogens is 2. The summed E-state index contributed by atoms with van der Waals surface area (Å²) in [5, 5.41) is 3.88. The van der Waals surface area contributed by atoms with Gasteiger partial charge in [-0.2, -0.15) is 0 Å². The zero-order valence-corrected chi connectivity index (χ0v) is 17.2. The maximum Gasteiger partial charge on any atom is 0.240 e. The first-order chi connectivity index (χ1) is 12.8. The van der Waals surface area contributed by atoms with Crippen molar-refractivity contribution in [2.45, 2.75) is 33.7 Å². The van der Waals surface area contributed by atoms with Crippen LogP contribution >= 0.6 is 23.2 Å². The number of imidazole rings is 1. The molecule has 27 heavy (non-hydrogen) atoms. The summed E-state index contributed by atoms with van der Waals surface area (Å²) in [5.41, 5.74) is 3.89. The van der Waals surface area contributed by atoms with E-state index in [1.54, 1.807) is 12.1 Å². The van der Waals surface area contributed by atoms with Crippen molar-refractivity contribution in [1.82, 2.24) is 14.9 Å². The van der Waals surface area contributed by atoms with E-state index in [1.807, 2.05) is 10.6 Å². The minimum absolute atomic E-state index is 0.0421. The third kappa shape index (κ3) is 4.82. The largest absolute Gasteiger partial charge is 0.354 e. The Labute approximate surface area is 169 Å². The van der Waals surface area contributed by atoms with Crippen molar-refractivity contribution in [3.63, 3.8) is 0 Å². The Kier molecular flexibility index (Phi) is 6.08. The number of nitrogens with zero attached hydrogens (tertiary/aromatic N) is 2. The van der Waals surface area contributed by atoms with Crippen LogP contribution in [0.4, 0.5) is 0 Å². The van der Waals surface area contributed by atoms with E-state index in [-0.39, 0.29) is 12.5 Å². The maximum absolute atomic E-state index is 12.5. The Hall–Kier alpha value is -2.04. The van der Waals surface area contributed by atoms with Gasteiger partial charge in [0, 0.05) is 13.0 Å². The number of carbonyl (C=O) groups excluding carboxylic acids is 1. The molecule has 0 atom stereocenters. The molecule has 0 unspecified atom stereocenters. The number of benzene rings is 2. The molecule has 3 aromatic rings. The number of hydrogen-bond donors (Lipinski definition) is 1. The number of fused-ring (bicyclic) bond motifs is 1. The van der Waals surface area contributed by atoms with Crippen LogP contribution in [0.2, 0.25) is 10.0 Å². The van der Waals surface area contributed by atoms with Gasteiger partial charge < -0.3 is 9.88 Å². The Balaban J connectivity index is 1.99. The van der Waals surface area contributed by atoms with Gasteiger partial charge in [-0.15, -0.1) is 0 Å². The molecule has 0 aliphatic heterocycles. The highest BCUT2D eigenvalue weighted by Crippen LogP contribution is 2.29. The Morgan fingerprint density at radius 3 is 2.63 bits per heavy atom. The second kappa shape index (κ2) is 8.32. The predicted octanol–water partition coefficient (Wildman–Crippen LogP) is 5.01. The molecule has 1 amide bonds. The fourth-order valence-corrected chi connectivity index (χ4v) is 3.32. The average molecular weight is 404 g/mol. The van der Waals surface area contributed by atoms with Crippen molar-refractivity contribution in [1.29, 1.82) is 0 Å². The fraction of sp³-hybridized carbons (Fsp3) is 0.333. The number of nitrogens with one attached hydrogen (secondary N) is 1. The summed E-state index contributed by atoms with van der Waals surface area (Å²) in [6, 6.07) is 11.8. The number of halogens is 2. The minimum Gasteiger partial charge on any atom is -0.354 e. The maximum atomic E-state index is 12.5. The smallest absolute Gasteiger partial charge is 0.240 e. The van der Waals surface area contributed by atoms with Gasteiger partial charge in [-0.05, 0) is 30.5 Å². The molecule has 0 aliphatic rings. The number of amides is 1. The lowest BCUT2D eigenvalue weighted by molar-refractivity contribution is -0.121. The second-order valence-electron chi connectivity index (χ2n) is 7.23. The first-order valence-electron chi connectivity index (χ1n) is 9.00. The summed E-state index contributed by atoms with van der Waals surface area (Å²) in [7, 11) is 0. The average Bonchev–Trinajstić information content (AvgIpc) is 2.90. The molecule has 2 aromatic carbocycles. The lowest BCUT2D eigenvalue weighted by Crippen LogP contribution is -2.31. The first kappa shape index (κ1) is 19.7. The van der Waals surface area contributed by atoms with Crippen LogP contribution in [0.1, 0.15) is 30.8 Å². The molecule has 0 fully saturated rings. The molecule has 4 nitrogen and oxygen atoms in total. The third-order valence-electron chi connectivity index (χ3n) is 4.32.